The van der Waals surface area contributed by atoms with E-state index in [4.69, 9.17) is 0 Å². The van der Waals surface area contributed by atoms with Crippen molar-refractivity contribution in [1.29, 1.82) is 0 Å². The van der Waals surface area contributed by atoms with Gasteiger partial charge in [-0.15, -0.1) is 0 Å². The van der Waals surface area contributed by atoms with Gasteiger partial charge in [0.15, 0.2) is 0 Å². The number of nitrogens with zero attached hydrogens (tertiary/aromatic N) is 2. The number of rotatable bonds is 6. The second-order valence-corrected chi connectivity index (χ2v) is 7.80. The number of imide groups is 1. The molecular formula is C24H25N3O3. The first-order valence-corrected chi connectivity index (χ1v) is 10.5. The molecular weight excluding hydrogens is 378 g/mol. The van der Waals surface area contributed by atoms with Crippen LogP contribution in [0.4, 0.5) is 0 Å². The van der Waals surface area contributed by atoms with Gasteiger partial charge in [-0.1, -0.05) is 73.5 Å². The van der Waals surface area contributed by atoms with Crippen LogP contribution in [0.25, 0.3) is 0 Å². The number of likely N-dealkylation sites (tertiary alicyclic amines) is 1. The van der Waals surface area contributed by atoms with Gasteiger partial charge >= 0.3 is 0 Å². The van der Waals surface area contributed by atoms with Gasteiger partial charge in [-0.05, 0) is 12.8 Å². The SMILES string of the molecule is O=C(CCN1C(=O)C2CCCCC2C1=O)NN=C(c1ccccc1)c1ccccc1. The number of amides is 3. The molecule has 0 bridgehead atoms. The molecule has 0 spiro atoms. The molecule has 0 radical (unpaired) electrons. The van der Waals surface area contributed by atoms with Crippen molar-refractivity contribution >= 4 is 23.4 Å². The van der Waals surface area contributed by atoms with Gasteiger partial charge < -0.3 is 0 Å². The quantitative estimate of drug-likeness (QED) is 0.457. The Hall–Kier alpha value is -3.28. The van der Waals surface area contributed by atoms with Gasteiger partial charge in [0.1, 0.15) is 0 Å². The van der Waals surface area contributed by atoms with Crippen molar-refractivity contribution in [1.82, 2.24) is 10.3 Å². The minimum atomic E-state index is -0.324. The zero-order valence-electron chi connectivity index (χ0n) is 16.8. The van der Waals surface area contributed by atoms with Crippen LogP contribution in [0.1, 0.15) is 43.2 Å². The van der Waals surface area contributed by atoms with Crippen LogP contribution in [-0.2, 0) is 14.4 Å². The zero-order chi connectivity index (χ0) is 20.9. The van der Waals surface area contributed by atoms with Crippen LogP contribution in [0.3, 0.4) is 0 Å². The number of carbonyl (C=O) groups excluding carboxylic acids is 3. The van der Waals surface area contributed by atoms with Crippen LogP contribution in [0, 0.1) is 11.8 Å². The highest BCUT2D eigenvalue weighted by Crippen LogP contribution is 2.37. The van der Waals surface area contributed by atoms with Crippen molar-refractivity contribution in [2.24, 2.45) is 16.9 Å². The molecule has 1 saturated heterocycles. The van der Waals surface area contributed by atoms with Crippen molar-refractivity contribution < 1.29 is 14.4 Å². The lowest BCUT2D eigenvalue weighted by Gasteiger charge is -2.19. The molecule has 6 heteroatoms. The maximum absolute atomic E-state index is 12.5. The largest absolute Gasteiger partial charge is 0.282 e. The van der Waals surface area contributed by atoms with E-state index in [-0.39, 0.29) is 42.5 Å². The normalized spacial score (nSPS) is 20.6. The number of fused-ring (bicyclic) bond motifs is 1. The molecule has 30 heavy (non-hydrogen) atoms. The Kier molecular flexibility index (Phi) is 6.02. The second kappa shape index (κ2) is 9.03. The van der Waals surface area contributed by atoms with Gasteiger partial charge in [-0.25, -0.2) is 5.43 Å². The van der Waals surface area contributed by atoms with Crippen molar-refractivity contribution in [3.05, 3.63) is 71.8 Å². The van der Waals surface area contributed by atoms with Crippen LogP contribution in [-0.4, -0.2) is 34.9 Å². The Labute approximate surface area is 176 Å². The molecule has 6 nitrogen and oxygen atoms in total. The molecule has 1 N–H and O–H groups in total. The predicted molar refractivity (Wildman–Crippen MR) is 113 cm³/mol. The lowest BCUT2D eigenvalue weighted by atomic mass is 9.81. The standard InChI is InChI=1S/C24H25N3O3/c28-21(15-16-27-23(29)19-13-7-8-14-20(19)24(27)30)25-26-22(17-9-3-1-4-10-17)18-11-5-2-6-12-18/h1-6,9-12,19-20H,7-8,13-16H2,(H,25,28). The fourth-order valence-corrected chi connectivity index (χ4v) is 4.33. The predicted octanol–water partition coefficient (Wildman–Crippen LogP) is 3.12. The van der Waals surface area contributed by atoms with Crippen LogP contribution < -0.4 is 5.43 Å². The van der Waals surface area contributed by atoms with E-state index in [1.807, 2.05) is 60.7 Å². The van der Waals surface area contributed by atoms with Crippen LogP contribution in [0.5, 0.6) is 0 Å². The second-order valence-electron chi connectivity index (χ2n) is 7.80. The van der Waals surface area contributed by atoms with E-state index in [2.05, 4.69) is 10.5 Å². The minimum Gasteiger partial charge on any atom is -0.282 e. The summed E-state index contributed by atoms with van der Waals surface area (Å²) in [4.78, 5) is 38.8. The fourth-order valence-electron chi connectivity index (χ4n) is 4.33. The summed E-state index contributed by atoms with van der Waals surface area (Å²) < 4.78 is 0. The smallest absolute Gasteiger partial charge is 0.241 e. The molecule has 1 aliphatic heterocycles. The molecule has 2 aromatic carbocycles. The highest BCUT2D eigenvalue weighted by Gasteiger charge is 2.47. The average Bonchev–Trinajstić information content (AvgIpc) is 3.04. The molecule has 3 amide bonds. The number of hydrogen-bond acceptors (Lipinski definition) is 4. The molecule has 1 heterocycles. The van der Waals surface area contributed by atoms with Crippen molar-refractivity contribution in [3.63, 3.8) is 0 Å². The first kappa shape index (κ1) is 20.0. The maximum atomic E-state index is 12.5. The Bertz CT molecular complexity index is 891. The number of hydrazone groups is 1. The summed E-state index contributed by atoms with van der Waals surface area (Å²) in [7, 11) is 0. The summed E-state index contributed by atoms with van der Waals surface area (Å²) in [6.07, 6.45) is 3.58. The summed E-state index contributed by atoms with van der Waals surface area (Å²) in [5.41, 5.74) is 5.03. The molecule has 154 valence electrons. The highest BCUT2D eigenvalue weighted by molar-refractivity contribution is 6.13. The molecule has 0 aromatic heterocycles. The van der Waals surface area contributed by atoms with Gasteiger partial charge in [0.25, 0.3) is 0 Å². The first-order valence-electron chi connectivity index (χ1n) is 10.5. The fraction of sp³-hybridized carbons (Fsp3) is 0.333. The third-order valence-electron chi connectivity index (χ3n) is 5.88. The van der Waals surface area contributed by atoms with Crippen molar-refractivity contribution in [3.8, 4) is 0 Å². The maximum Gasteiger partial charge on any atom is 0.241 e. The third kappa shape index (κ3) is 4.17. The number of nitrogens with one attached hydrogen (secondary N) is 1. The summed E-state index contributed by atoms with van der Waals surface area (Å²) in [6, 6.07) is 19.2. The molecule has 2 unspecified atom stereocenters. The Morgan fingerprint density at radius 2 is 1.37 bits per heavy atom. The summed E-state index contributed by atoms with van der Waals surface area (Å²) >= 11 is 0. The van der Waals surface area contributed by atoms with Crippen LogP contribution in [0.15, 0.2) is 65.8 Å². The molecule has 1 saturated carbocycles. The van der Waals surface area contributed by atoms with Gasteiger partial charge in [-0.2, -0.15) is 5.10 Å². The van der Waals surface area contributed by atoms with Gasteiger partial charge in [0.2, 0.25) is 17.7 Å². The molecule has 1 aliphatic carbocycles. The van der Waals surface area contributed by atoms with E-state index in [9.17, 15) is 14.4 Å². The van der Waals surface area contributed by atoms with E-state index in [0.717, 1.165) is 36.8 Å². The average molecular weight is 403 g/mol. The lowest BCUT2D eigenvalue weighted by Crippen LogP contribution is -2.34. The van der Waals surface area contributed by atoms with E-state index in [1.54, 1.807) is 0 Å². The van der Waals surface area contributed by atoms with Crippen LogP contribution >= 0.6 is 0 Å². The van der Waals surface area contributed by atoms with Gasteiger partial charge in [0, 0.05) is 24.1 Å². The van der Waals surface area contributed by atoms with Crippen molar-refractivity contribution in [2.45, 2.75) is 32.1 Å². The monoisotopic (exact) mass is 403 g/mol. The Morgan fingerprint density at radius 1 is 0.867 bits per heavy atom. The first-order chi connectivity index (χ1) is 14.6. The van der Waals surface area contributed by atoms with E-state index in [0.29, 0.717) is 5.71 Å². The Morgan fingerprint density at radius 3 is 1.87 bits per heavy atom. The summed E-state index contributed by atoms with van der Waals surface area (Å²) in [5, 5.41) is 4.35. The highest BCUT2D eigenvalue weighted by atomic mass is 16.2. The third-order valence-corrected chi connectivity index (χ3v) is 5.88. The summed E-state index contributed by atoms with van der Waals surface area (Å²) in [6.45, 7) is 0.109. The van der Waals surface area contributed by atoms with Crippen molar-refractivity contribution in [2.75, 3.05) is 6.54 Å². The van der Waals surface area contributed by atoms with Gasteiger partial charge in [0.05, 0.1) is 17.5 Å². The van der Waals surface area contributed by atoms with Crippen LogP contribution in [0.2, 0.25) is 0 Å². The zero-order valence-corrected chi connectivity index (χ0v) is 16.8. The molecule has 4 rings (SSSR count). The minimum absolute atomic E-state index is 0.0390. The molecule has 2 aromatic rings. The Balaban J connectivity index is 1.42. The topological polar surface area (TPSA) is 78.8 Å². The number of carbonyl (C=O) groups is 3. The van der Waals surface area contributed by atoms with Gasteiger partial charge in [-0.3, -0.25) is 19.3 Å². The summed E-state index contributed by atoms with van der Waals surface area (Å²) in [5.74, 6) is -0.925. The molecule has 2 aliphatic rings. The molecule has 2 atom stereocenters. The van der Waals surface area contributed by atoms with E-state index in [1.165, 1.54) is 4.90 Å². The number of hydrogen-bond donors (Lipinski definition) is 1. The van der Waals surface area contributed by atoms with E-state index < -0.39 is 0 Å². The lowest BCUT2D eigenvalue weighted by molar-refractivity contribution is -0.140. The molecule has 2 fully saturated rings. The number of benzene rings is 2. The van der Waals surface area contributed by atoms with E-state index >= 15 is 0 Å².